The van der Waals surface area contributed by atoms with E-state index in [2.05, 4.69) is 17.6 Å². The van der Waals surface area contributed by atoms with Crippen molar-refractivity contribution in [1.82, 2.24) is 15.5 Å². The second kappa shape index (κ2) is 8.43. The standard InChI is InChI=1S/C22H31N3O4/c1-5-22(16-10-11-18(29-4)15(3)12-16)20(27)25(21(28)24-22)13-19(26)23-17-9-7-6-8-14(17)2/h10-12,14,17H,5-9,13H2,1-4H3,(H,23,26)(H,24,28). The minimum Gasteiger partial charge on any atom is -0.496 e. The summed E-state index contributed by atoms with van der Waals surface area (Å²) in [6.07, 6.45) is 4.69. The smallest absolute Gasteiger partial charge is 0.325 e. The van der Waals surface area contributed by atoms with Gasteiger partial charge in [-0.25, -0.2) is 4.79 Å². The van der Waals surface area contributed by atoms with Crippen LogP contribution >= 0.6 is 0 Å². The van der Waals surface area contributed by atoms with Crippen molar-refractivity contribution in [3.63, 3.8) is 0 Å². The molecule has 2 N–H and O–H groups in total. The Morgan fingerprint density at radius 2 is 2.03 bits per heavy atom. The highest BCUT2D eigenvalue weighted by Gasteiger charge is 2.51. The fraction of sp³-hybridized carbons (Fsp3) is 0.591. The van der Waals surface area contributed by atoms with E-state index in [-0.39, 0.29) is 24.4 Å². The first-order valence-corrected chi connectivity index (χ1v) is 10.4. The van der Waals surface area contributed by atoms with Crippen molar-refractivity contribution >= 4 is 17.8 Å². The van der Waals surface area contributed by atoms with Crippen molar-refractivity contribution in [3.8, 4) is 5.75 Å². The number of imide groups is 1. The van der Waals surface area contributed by atoms with Crippen LogP contribution in [-0.4, -0.2) is 42.4 Å². The normalized spacial score (nSPS) is 27.0. The van der Waals surface area contributed by atoms with Gasteiger partial charge in [0.15, 0.2) is 0 Å². The van der Waals surface area contributed by atoms with Crippen molar-refractivity contribution < 1.29 is 19.1 Å². The highest BCUT2D eigenvalue weighted by atomic mass is 16.5. The molecule has 0 bridgehead atoms. The van der Waals surface area contributed by atoms with Crippen molar-refractivity contribution in [1.29, 1.82) is 0 Å². The molecule has 1 aromatic rings. The average Bonchev–Trinajstić information content (AvgIpc) is 2.94. The maximum Gasteiger partial charge on any atom is 0.325 e. The predicted octanol–water partition coefficient (Wildman–Crippen LogP) is 2.86. The summed E-state index contributed by atoms with van der Waals surface area (Å²) in [6.45, 7) is 5.62. The maximum absolute atomic E-state index is 13.3. The van der Waals surface area contributed by atoms with E-state index in [1.54, 1.807) is 19.2 Å². The zero-order valence-electron chi connectivity index (χ0n) is 17.7. The molecule has 2 fully saturated rings. The van der Waals surface area contributed by atoms with Gasteiger partial charge in [0.25, 0.3) is 5.91 Å². The van der Waals surface area contributed by atoms with Crippen molar-refractivity contribution in [3.05, 3.63) is 29.3 Å². The monoisotopic (exact) mass is 401 g/mol. The summed E-state index contributed by atoms with van der Waals surface area (Å²) in [7, 11) is 1.59. The minimum atomic E-state index is -1.16. The summed E-state index contributed by atoms with van der Waals surface area (Å²) in [5.74, 6) is 0.453. The number of rotatable bonds is 6. The van der Waals surface area contributed by atoms with Gasteiger partial charge in [0.1, 0.15) is 17.8 Å². The van der Waals surface area contributed by atoms with E-state index in [1.165, 1.54) is 6.42 Å². The number of carbonyl (C=O) groups is 3. The van der Waals surface area contributed by atoms with Crippen LogP contribution in [0.1, 0.15) is 57.1 Å². The molecule has 0 aromatic heterocycles. The number of carbonyl (C=O) groups excluding carboxylic acids is 3. The largest absolute Gasteiger partial charge is 0.496 e. The Balaban J connectivity index is 1.77. The molecule has 0 spiro atoms. The van der Waals surface area contributed by atoms with Gasteiger partial charge in [-0.3, -0.25) is 14.5 Å². The van der Waals surface area contributed by atoms with Crippen LogP contribution in [0.4, 0.5) is 4.79 Å². The van der Waals surface area contributed by atoms with Crippen LogP contribution < -0.4 is 15.4 Å². The van der Waals surface area contributed by atoms with Crippen molar-refractivity contribution in [2.45, 2.75) is 64.5 Å². The molecule has 1 aromatic carbocycles. The fourth-order valence-electron chi connectivity index (χ4n) is 4.48. The van der Waals surface area contributed by atoms with Crippen LogP contribution in [0.5, 0.6) is 5.75 Å². The summed E-state index contributed by atoms with van der Waals surface area (Å²) in [6, 6.07) is 5.02. The van der Waals surface area contributed by atoms with E-state index < -0.39 is 11.6 Å². The van der Waals surface area contributed by atoms with E-state index in [4.69, 9.17) is 4.74 Å². The van der Waals surface area contributed by atoms with Crippen LogP contribution in [-0.2, 0) is 15.1 Å². The SMILES string of the molecule is CCC1(c2ccc(OC)c(C)c2)NC(=O)N(CC(=O)NC2CCCCC2C)C1=O. The number of urea groups is 1. The quantitative estimate of drug-likeness (QED) is 0.718. The molecule has 2 aliphatic rings. The second-order valence-electron chi connectivity index (χ2n) is 8.20. The van der Waals surface area contributed by atoms with Gasteiger partial charge in [0.05, 0.1) is 7.11 Å². The summed E-state index contributed by atoms with van der Waals surface area (Å²) in [4.78, 5) is 39.5. The van der Waals surface area contributed by atoms with E-state index in [1.807, 2.05) is 19.9 Å². The molecule has 158 valence electrons. The molecule has 3 atom stereocenters. The number of amides is 4. The molecule has 1 aliphatic carbocycles. The lowest BCUT2D eigenvalue weighted by Gasteiger charge is -2.30. The third-order valence-electron chi connectivity index (χ3n) is 6.35. The zero-order chi connectivity index (χ0) is 21.2. The first-order valence-electron chi connectivity index (χ1n) is 10.4. The molecule has 3 unspecified atom stereocenters. The van der Waals surface area contributed by atoms with Gasteiger partial charge in [0, 0.05) is 6.04 Å². The van der Waals surface area contributed by atoms with Crippen molar-refractivity contribution in [2.75, 3.05) is 13.7 Å². The highest BCUT2D eigenvalue weighted by Crippen LogP contribution is 2.34. The maximum atomic E-state index is 13.3. The van der Waals surface area contributed by atoms with Gasteiger partial charge in [-0.05, 0) is 55.4 Å². The Bertz CT molecular complexity index is 809. The fourth-order valence-corrected chi connectivity index (χ4v) is 4.48. The number of benzene rings is 1. The Morgan fingerprint density at radius 1 is 1.31 bits per heavy atom. The lowest BCUT2D eigenvalue weighted by molar-refractivity contribution is -0.135. The van der Waals surface area contributed by atoms with E-state index >= 15 is 0 Å². The molecule has 3 rings (SSSR count). The molecule has 1 aliphatic heterocycles. The first kappa shape index (κ1) is 21.1. The van der Waals surface area contributed by atoms with Gasteiger partial charge < -0.3 is 15.4 Å². The number of hydrogen-bond donors (Lipinski definition) is 2. The van der Waals surface area contributed by atoms with Gasteiger partial charge in [-0.15, -0.1) is 0 Å². The summed E-state index contributed by atoms with van der Waals surface area (Å²) < 4.78 is 5.30. The Hall–Kier alpha value is -2.57. The molecule has 7 heteroatoms. The van der Waals surface area contributed by atoms with Crippen LogP contribution in [0.3, 0.4) is 0 Å². The van der Waals surface area contributed by atoms with Gasteiger partial charge in [0.2, 0.25) is 5.91 Å². The molecule has 0 radical (unpaired) electrons. The van der Waals surface area contributed by atoms with E-state index in [0.717, 1.165) is 35.5 Å². The van der Waals surface area contributed by atoms with E-state index in [0.29, 0.717) is 17.9 Å². The molecule has 1 heterocycles. The number of hydrogen-bond acceptors (Lipinski definition) is 4. The number of aryl methyl sites for hydroxylation is 1. The van der Waals surface area contributed by atoms with Gasteiger partial charge in [-0.2, -0.15) is 0 Å². The minimum absolute atomic E-state index is 0.109. The molecular weight excluding hydrogens is 370 g/mol. The summed E-state index contributed by atoms with van der Waals surface area (Å²) >= 11 is 0. The summed E-state index contributed by atoms with van der Waals surface area (Å²) in [5, 5.41) is 5.85. The number of nitrogens with one attached hydrogen (secondary N) is 2. The Kier molecular flexibility index (Phi) is 6.15. The zero-order valence-corrected chi connectivity index (χ0v) is 17.7. The Labute approximate surface area is 172 Å². The molecular formula is C22H31N3O4. The molecule has 4 amide bonds. The van der Waals surface area contributed by atoms with Gasteiger partial charge in [-0.1, -0.05) is 32.8 Å². The average molecular weight is 402 g/mol. The molecule has 7 nitrogen and oxygen atoms in total. The molecule has 1 saturated carbocycles. The van der Waals surface area contributed by atoms with Crippen LogP contribution in [0.15, 0.2) is 18.2 Å². The van der Waals surface area contributed by atoms with Gasteiger partial charge >= 0.3 is 6.03 Å². The van der Waals surface area contributed by atoms with Crippen LogP contribution in [0, 0.1) is 12.8 Å². The lowest BCUT2D eigenvalue weighted by Crippen LogP contribution is -2.48. The third-order valence-corrected chi connectivity index (χ3v) is 6.35. The number of nitrogens with zero attached hydrogens (tertiary/aromatic N) is 1. The number of methoxy groups -OCH3 is 1. The second-order valence-corrected chi connectivity index (χ2v) is 8.20. The summed E-state index contributed by atoms with van der Waals surface area (Å²) in [5.41, 5.74) is 0.412. The topological polar surface area (TPSA) is 87.7 Å². The highest BCUT2D eigenvalue weighted by molar-refractivity contribution is 6.09. The first-order chi connectivity index (χ1) is 13.8. The molecule has 29 heavy (non-hydrogen) atoms. The predicted molar refractivity (Wildman–Crippen MR) is 110 cm³/mol. The Morgan fingerprint density at radius 3 is 2.66 bits per heavy atom. The number of ether oxygens (including phenoxy) is 1. The third kappa shape index (κ3) is 3.95. The van der Waals surface area contributed by atoms with E-state index in [9.17, 15) is 14.4 Å². The van der Waals surface area contributed by atoms with Crippen LogP contribution in [0.2, 0.25) is 0 Å². The van der Waals surface area contributed by atoms with Crippen LogP contribution in [0.25, 0.3) is 0 Å². The lowest BCUT2D eigenvalue weighted by atomic mass is 9.86. The molecule has 1 saturated heterocycles. The van der Waals surface area contributed by atoms with Crippen molar-refractivity contribution in [2.24, 2.45) is 5.92 Å².